The van der Waals surface area contributed by atoms with Gasteiger partial charge < -0.3 is 29.9 Å². The highest BCUT2D eigenvalue weighted by atomic mass is 35.5. The van der Waals surface area contributed by atoms with Crippen molar-refractivity contribution >= 4 is 154 Å². The number of aliphatic hydroxyl groups is 2. The quantitative estimate of drug-likeness (QED) is 0.0217. The number of rotatable bonds is 14. The van der Waals surface area contributed by atoms with Crippen molar-refractivity contribution in [1.29, 1.82) is 0 Å². The second-order valence-electron chi connectivity index (χ2n) is 14.8. The number of aliphatic hydroxyl groups excluding tert-OH is 2. The zero-order valence-corrected chi connectivity index (χ0v) is 42.9. The van der Waals surface area contributed by atoms with Gasteiger partial charge in [0.1, 0.15) is 44.0 Å². The van der Waals surface area contributed by atoms with Gasteiger partial charge in [0.2, 0.25) is 11.8 Å². The van der Waals surface area contributed by atoms with Gasteiger partial charge in [0.25, 0.3) is 40.5 Å². The molecule has 8 N–H and O–H groups in total. The molecule has 0 unspecified atom stereocenters. The van der Waals surface area contributed by atoms with Crippen LogP contribution in [0.15, 0.2) is 135 Å². The number of phenolic OH excluding ortho intramolecular Hbond substituents is 2. The average molecular weight is 1170 g/mol. The highest BCUT2D eigenvalue weighted by Gasteiger charge is 2.28. The van der Waals surface area contributed by atoms with Gasteiger partial charge in [-0.3, -0.25) is 18.2 Å². The topological polar surface area (TPSA) is 391 Å². The number of phenols is 2. The van der Waals surface area contributed by atoms with Gasteiger partial charge in [-0.2, -0.15) is 33.7 Å². The van der Waals surface area contributed by atoms with Crippen LogP contribution in [-0.4, -0.2) is 98.3 Å². The summed E-state index contributed by atoms with van der Waals surface area (Å²) in [6.07, 6.45) is 0. The van der Waals surface area contributed by atoms with E-state index in [2.05, 4.69) is 30.4 Å². The highest BCUT2D eigenvalue weighted by Crippen LogP contribution is 2.50. The van der Waals surface area contributed by atoms with E-state index in [1.165, 1.54) is 36.4 Å². The number of azo groups is 2. The van der Waals surface area contributed by atoms with Gasteiger partial charge in [-0.1, -0.05) is 46.4 Å². The summed E-state index contributed by atoms with van der Waals surface area (Å²) in [5.74, 6) is -4.66. The first-order valence-electron chi connectivity index (χ1n) is 19.5. The monoisotopic (exact) mass is 1170 g/mol. The third kappa shape index (κ3) is 11.4. The molecule has 24 nitrogen and oxygen atoms in total. The summed E-state index contributed by atoms with van der Waals surface area (Å²) >= 11 is 24.3. The van der Waals surface area contributed by atoms with Crippen LogP contribution in [0.4, 0.5) is 34.1 Å². The molecule has 0 aliphatic heterocycles. The lowest BCUT2D eigenvalue weighted by Gasteiger charge is -2.13. The lowest BCUT2D eigenvalue weighted by Crippen LogP contribution is -2.02. The fraction of sp³-hybridized carbons (Fsp3) is 0.0476. The van der Waals surface area contributed by atoms with Crippen molar-refractivity contribution in [3.8, 4) is 23.0 Å². The molecule has 0 amide bonds. The average Bonchev–Trinajstić information content (AvgIpc) is 3.29. The van der Waals surface area contributed by atoms with Crippen molar-refractivity contribution in [3.63, 3.8) is 0 Å². The molecule has 0 aliphatic rings. The lowest BCUT2D eigenvalue weighted by molar-refractivity contribution is 0.405. The second-order valence-corrected chi connectivity index (χ2v) is 22.2. The minimum atomic E-state index is -5.40. The molecular weight excluding hydrogens is 1150 g/mol. The summed E-state index contributed by atoms with van der Waals surface area (Å²) in [5.41, 5.74) is -4.27. The van der Waals surface area contributed by atoms with E-state index in [4.69, 9.17) is 55.9 Å². The molecule has 0 fully saturated rings. The Morgan fingerprint density at radius 2 is 0.811 bits per heavy atom. The van der Waals surface area contributed by atoms with Crippen molar-refractivity contribution in [3.05, 3.63) is 116 Å². The van der Waals surface area contributed by atoms with E-state index in [1.54, 1.807) is 0 Å². The number of aromatic hydroxyl groups is 2. The first-order chi connectivity index (χ1) is 34.4. The summed E-state index contributed by atoms with van der Waals surface area (Å²) in [6, 6.07) is 13.7. The second kappa shape index (κ2) is 20.5. The molecule has 0 atom stereocenters. The van der Waals surface area contributed by atoms with Crippen LogP contribution in [0.1, 0.15) is 11.1 Å². The standard InChI is InChI=1S/C42H28Cl4N6O18S4/c1-69-31-15-28(50-52-38-34(74(66,67)68)10-18-8-22(72(60,61)62)14-30(36(18)40(38)54)48-42(56)24-6-4-20(44)12-26(24)46)32(70-2)16-27(31)49-51-37-33(73(63,64)65)9-17-7-21(71(57,58)59)13-29(35(17)39(37)53)47-41(55)23-5-3-19(43)11-25(23)45/h3-16,53-54H,1-2H3,(H,47,55)(H,48,56)(H,57,58,59)(H,60,61,62)(H,63,64,65)(H,66,67,68). The molecule has 0 aromatic heterocycles. The molecule has 7 rings (SSSR count). The Balaban J connectivity index is 1.40. The molecule has 386 valence electrons. The van der Waals surface area contributed by atoms with E-state index in [1.807, 2.05) is 0 Å². The lowest BCUT2D eigenvalue weighted by atomic mass is 10.1. The van der Waals surface area contributed by atoms with Crippen molar-refractivity contribution < 1.29 is 81.8 Å². The first kappa shape index (κ1) is 55.0. The number of ether oxygens (including phenoxy) is 2. The summed E-state index contributed by atoms with van der Waals surface area (Å²) in [6.45, 7) is 0. The zero-order valence-electron chi connectivity index (χ0n) is 36.6. The molecule has 7 aromatic rings. The molecule has 32 heteroatoms. The van der Waals surface area contributed by atoms with Crippen LogP contribution in [0, 0.1) is 0 Å². The molecule has 7 aromatic carbocycles. The molecule has 0 radical (unpaired) electrons. The van der Waals surface area contributed by atoms with Gasteiger partial charge in [0, 0.05) is 22.2 Å². The number of fused-ring (bicyclic) bond motifs is 2. The van der Waals surface area contributed by atoms with Gasteiger partial charge >= 0.3 is 0 Å². The Bertz CT molecular complexity index is 3900. The fourth-order valence-corrected chi connectivity index (χ4v) is 10.2. The van der Waals surface area contributed by atoms with E-state index in [9.17, 15) is 72.3 Å². The molecule has 74 heavy (non-hydrogen) atoms. The van der Waals surface area contributed by atoms with Gasteiger partial charge in [0.05, 0.1) is 67.3 Å². The number of nitrogens with zero attached hydrogens (tertiary/aromatic N) is 6. The Labute approximate surface area is 436 Å². The van der Waals surface area contributed by atoms with Crippen molar-refractivity contribution in [2.24, 2.45) is 30.4 Å². The van der Waals surface area contributed by atoms with Crippen molar-refractivity contribution in [2.45, 2.75) is 19.6 Å². The summed E-state index contributed by atoms with van der Waals surface area (Å²) in [5, 5.41) is 58.9. The molecular formula is C42H28Cl4N6O18S4. The van der Waals surface area contributed by atoms with Crippen molar-refractivity contribution in [1.82, 2.24) is 0 Å². The minimum absolute atomic E-state index is 0.133. The van der Waals surface area contributed by atoms with Gasteiger partial charge in [-0.15, -0.1) is 20.5 Å². The Hall–Kier alpha value is -6.80. The smallest absolute Gasteiger partial charge is 0.296 e. The van der Waals surface area contributed by atoms with E-state index >= 15 is 0 Å². The van der Waals surface area contributed by atoms with Gasteiger partial charge in [-0.25, -0.2) is 9.98 Å². The maximum atomic E-state index is 12.8. The van der Waals surface area contributed by atoms with Crippen LogP contribution in [-0.2, 0) is 40.5 Å². The Kier molecular flexibility index (Phi) is 15.2. The van der Waals surface area contributed by atoms with Crippen LogP contribution < -0.4 is 9.47 Å². The minimum Gasteiger partial charge on any atom is -0.505 e. The van der Waals surface area contributed by atoms with Gasteiger partial charge in [0.15, 0.2) is 11.5 Å². The number of hydrogen-bond acceptors (Lipinski definition) is 18. The molecule has 0 saturated carbocycles. The van der Waals surface area contributed by atoms with Crippen LogP contribution in [0.5, 0.6) is 23.0 Å². The van der Waals surface area contributed by atoms with E-state index < -0.39 is 128 Å². The van der Waals surface area contributed by atoms with E-state index in [0.29, 0.717) is 36.4 Å². The predicted octanol–water partition coefficient (Wildman–Crippen LogP) is 11.1. The molecule has 0 heterocycles. The maximum absolute atomic E-state index is 12.8. The zero-order chi connectivity index (χ0) is 54.6. The number of halogens is 4. The highest BCUT2D eigenvalue weighted by molar-refractivity contribution is 7.86. The largest absolute Gasteiger partial charge is 0.505 e. The number of hydrogen-bond donors (Lipinski definition) is 8. The summed E-state index contributed by atoms with van der Waals surface area (Å²) < 4.78 is 151. The molecule has 0 spiro atoms. The predicted molar refractivity (Wildman–Crippen MR) is 269 cm³/mol. The van der Waals surface area contributed by atoms with Crippen LogP contribution in [0.3, 0.4) is 0 Å². The fourth-order valence-electron chi connectivity index (χ4n) is 6.86. The summed E-state index contributed by atoms with van der Waals surface area (Å²) in [4.78, 5) is 3.78. The third-order valence-corrected chi connectivity index (χ3v) is 14.6. The van der Waals surface area contributed by atoms with Crippen LogP contribution in [0.2, 0.25) is 20.1 Å². The number of benzene rings is 7. The normalized spacial score (nSPS) is 13.2. The molecule has 0 saturated heterocycles. The number of aliphatic imine (C=N–C) groups is 2. The van der Waals surface area contributed by atoms with Crippen molar-refractivity contribution in [2.75, 3.05) is 14.2 Å². The maximum Gasteiger partial charge on any atom is 0.296 e. The molecule has 0 bridgehead atoms. The van der Waals surface area contributed by atoms with Crippen LogP contribution in [0.25, 0.3) is 21.5 Å². The van der Waals surface area contributed by atoms with Gasteiger partial charge in [-0.05, 0) is 83.6 Å². The SMILES string of the molecule is COc1cc(N=Nc2c(S(=O)(=O)O)cc3cc(S(=O)(=O)O)cc(N=C(O)c4ccc(Cl)cc4Cl)c3c2O)c(OC)cc1N=Nc1c(S(=O)(=O)O)cc2cc(S(=O)(=O)O)cc(N=C(O)c3ccc(Cl)cc3Cl)c2c1O. The first-order valence-corrected chi connectivity index (χ1v) is 26.8. The molecule has 0 aliphatic carbocycles. The van der Waals surface area contributed by atoms with Crippen LogP contribution >= 0.6 is 46.4 Å². The Morgan fingerprint density at radius 1 is 0.459 bits per heavy atom. The summed E-state index contributed by atoms with van der Waals surface area (Å²) in [7, 11) is -18.8. The third-order valence-electron chi connectivity index (χ3n) is 10.1. The van der Waals surface area contributed by atoms with E-state index in [0.717, 1.165) is 26.4 Å². The number of methoxy groups -OCH3 is 2. The van der Waals surface area contributed by atoms with E-state index in [-0.39, 0.29) is 54.1 Å². The Morgan fingerprint density at radius 3 is 1.11 bits per heavy atom.